The van der Waals surface area contributed by atoms with Crippen molar-refractivity contribution in [1.82, 2.24) is 10.6 Å². The molecule has 0 aliphatic carbocycles. The van der Waals surface area contributed by atoms with Gasteiger partial charge in [0, 0.05) is 17.4 Å². The molecule has 6 nitrogen and oxygen atoms in total. The lowest BCUT2D eigenvalue weighted by Crippen LogP contribution is -2.41. The SMILES string of the molecule is CC(C)(C)NC(=O)/C(C#N)=C\NC(=O)c1ccccc1N. The van der Waals surface area contributed by atoms with Gasteiger partial charge in [0.1, 0.15) is 11.6 Å². The number of nitrogens with one attached hydrogen (secondary N) is 2. The molecule has 2 amide bonds. The van der Waals surface area contributed by atoms with Crippen molar-refractivity contribution < 1.29 is 9.59 Å². The zero-order chi connectivity index (χ0) is 16.0. The van der Waals surface area contributed by atoms with Crippen LogP contribution in [0.5, 0.6) is 0 Å². The molecule has 21 heavy (non-hydrogen) atoms. The lowest BCUT2D eigenvalue weighted by atomic mass is 10.1. The van der Waals surface area contributed by atoms with Crippen LogP contribution in [0.3, 0.4) is 0 Å². The third-order valence-electron chi connectivity index (χ3n) is 2.41. The first-order valence-corrected chi connectivity index (χ1v) is 6.33. The third-order valence-corrected chi connectivity index (χ3v) is 2.41. The number of benzene rings is 1. The normalized spacial score (nSPS) is 11.4. The largest absolute Gasteiger partial charge is 0.398 e. The van der Waals surface area contributed by atoms with Crippen molar-refractivity contribution in [2.24, 2.45) is 0 Å². The molecule has 4 N–H and O–H groups in total. The second-order valence-electron chi connectivity index (χ2n) is 5.43. The number of nitrogen functional groups attached to an aromatic ring is 1. The molecule has 1 aromatic carbocycles. The van der Waals surface area contributed by atoms with E-state index in [9.17, 15) is 9.59 Å². The molecule has 0 saturated carbocycles. The van der Waals surface area contributed by atoms with E-state index in [1.54, 1.807) is 51.1 Å². The van der Waals surface area contributed by atoms with Crippen molar-refractivity contribution in [2.45, 2.75) is 26.3 Å². The van der Waals surface area contributed by atoms with E-state index in [0.29, 0.717) is 5.69 Å². The summed E-state index contributed by atoms with van der Waals surface area (Å²) in [4.78, 5) is 23.7. The summed E-state index contributed by atoms with van der Waals surface area (Å²) in [5, 5.41) is 14.0. The number of nitriles is 1. The van der Waals surface area contributed by atoms with Gasteiger partial charge in [-0.1, -0.05) is 12.1 Å². The zero-order valence-corrected chi connectivity index (χ0v) is 12.2. The smallest absolute Gasteiger partial charge is 0.263 e. The molecular weight excluding hydrogens is 268 g/mol. The van der Waals surface area contributed by atoms with E-state index in [1.807, 2.05) is 0 Å². The van der Waals surface area contributed by atoms with Crippen molar-refractivity contribution in [3.05, 3.63) is 41.6 Å². The van der Waals surface area contributed by atoms with Crippen LogP contribution in [0.25, 0.3) is 0 Å². The minimum absolute atomic E-state index is 0.187. The fourth-order valence-corrected chi connectivity index (χ4v) is 1.48. The molecule has 110 valence electrons. The summed E-state index contributed by atoms with van der Waals surface area (Å²) in [5.41, 5.74) is 5.62. The first-order valence-electron chi connectivity index (χ1n) is 6.33. The van der Waals surface area contributed by atoms with E-state index >= 15 is 0 Å². The number of nitrogens with zero attached hydrogens (tertiary/aromatic N) is 1. The third kappa shape index (κ3) is 4.99. The minimum atomic E-state index is -0.550. The highest BCUT2D eigenvalue weighted by Gasteiger charge is 2.17. The molecule has 0 bridgehead atoms. The summed E-state index contributed by atoms with van der Waals surface area (Å²) in [6.45, 7) is 5.38. The van der Waals surface area contributed by atoms with Crippen molar-refractivity contribution in [3.63, 3.8) is 0 Å². The Bertz CT molecular complexity index is 621. The summed E-state index contributed by atoms with van der Waals surface area (Å²) in [6, 6.07) is 8.28. The van der Waals surface area contributed by atoms with Gasteiger partial charge in [-0.05, 0) is 32.9 Å². The Morgan fingerprint density at radius 2 is 1.90 bits per heavy atom. The number of amides is 2. The van der Waals surface area contributed by atoms with E-state index in [0.717, 1.165) is 6.20 Å². The van der Waals surface area contributed by atoms with Gasteiger partial charge < -0.3 is 16.4 Å². The molecule has 0 spiro atoms. The standard InChI is InChI=1S/C15H18N4O2/c1-15(2,3)19-13(20)10(8-16)9-18-14(21)11-6-4-5-7-12(11)17/h4-7,9H,17H2,1-3H3,(H,18,21)(H,19,20)/b10-9-. The Balaban J connectivity index is 2.83. The van der Waals surface area contributed by atoms with Crippen LogP contribution in [0, 0.1) is 11.3 Å². The van der Waals surface area contributed by atoms with Crippen LogP contribution in [-0.2, 0) is 4.79 Å². The first kappa shape index (κ1) is 16.2. The molecule has 0 saturated heterocycles. The van der Waals surface area contributed by atoms with Gasteiger partial charge in [0.15, 0.2) is 0 Å². The highest BCUT2D eigenvalue weighted by molar-refractivity contribution is 6.01. The minimum Gasteiger partial charge on any atom is -0.398 e. The molecule has 0 aromatic heterocycles. The van der Waals surface area contributed by atoms with Gasteiger partial charge in [0.2, 0.25) is 0 Å². The molecule has 0 heterocycles. The average molecular weight is 286 g/mol. The summed E-state index contributed by atoms with van der Waals surface area (Å²) < 4.78 is 0. The van der Waals surface area contributed by atoms with Gasteiger partial charge in [-0.25, -0.2) is 0 Å². The maximum Gasteiger partial charge on any atom is 0.263 e. The highest BCUT2D eigenvalue weighted by Crippen LogP contribution is 2.10. The molecule has 0 atom stereocenters. The van der Waals surface area contributed by atoms with E-state index in [1.165, 1.54) is 0 Å². The summed E-state index contributed by atoms with van der Waals surface area (Å²) in [7, 11) is 0. The van der Waals surface area contributed by atoms with E-state index in [4.69, 9.17) is 11.0 Å². The van der Waals surface area contributed by atoms with Gasteiger partial charge in [0.05, 0.1) is 5.56 Å². The van der Waals surface area contributed by atoms with Gasteiger partial charge in [-0.3, -0.25) is 9.59 Å². The number of anilines is 1. The Morgan fingerprint density at radius 1 is 1.29 bits per heavy atom. The second kappa shape index (κ2) is 6.57. The Hall–Kier alpha value is -2.81. The Labute approximate surface area is 123 Å². The Morgan fingerprint density at radius 3 is 2.43 bits per heavy atom. The van der Waals surface area contributed by atoms with Crippen LogP contribution < -0.4 is 16.4 Å². The van der Waals surface area contributed by atoms with E-state index < -0.39 is 17.4 Å². The molecule has 0 radical (unpaired) electrons. The van der Waals surface area contributed by atoms with Gasteiger partial charge in [0.25, 0.3) is 11.8 Å². The molecule has 6 heteroatoms. The van der Waals surface area contributed by atoms with Crippen LogP contribution in [0.2, 0.25) is 0 Å². The van der Waals surface area contributed by atoms with Crippen LogP contribution in [-0.4, -0.2) is 17.4 Å². The van der Waals surface area contributed by atoms with Crippen LogP contribution >= 0.6 is 0 Å². The van der Waals surface area contributed by atoms with E-state index in [-0.39, 0.29) is 11.1 Å². The summed E-state index contributed by atoms with van der Waals surface area (Å²) in [5.74, 6) is -1.03. The maximum atomic E-state index is 11.9. The highest BCUT2D eigenvalue weighted by atomic mass is 16.2. The molecule has 0 aliphatic heterocycles. The number of hydrogen-bond acceptors (Lipinski definition) is 4. The summed E-state index contributed by atoms with van der Waals surface area (Å²) >= 11 is 0. The monoisotopic (exact) mass is 286 g/mol. The van der Waals surface area contributed by atoms with Gasteiger partial charge in [-0.2, -0.15) is 5.26 Å². The number of rotatable bonds is 3. The fourth-order valence-electron chi connectivity index (χ4n) is 1.48. The number of hydrogen-bond donors (Lipinski definition) is 3. The maximum absolute atomic E-state index is 11.9. The van der Waals surface area contributed by atoms with Crippen molar-refractivity contribution in [1.29, 1.82) is 5.26 Å². The summed E-state index contributed by atoms with van der Waals surface area (Å²) in [6.07, 6.45) is 1.08. The lowest BCUT2D eigenvalue weighted by Gasteiger charge is -2.19. The molecule has 1 aromatic rings. The molecule has 1 rings (SSSR count). The quantitative estimate of drug-likeness (QED) is 0.442. The number of carbonyl (C=O) groups is 2. The van der Waals surface area contributed by atoms with Crippen LogP contribution in [0.4, 0.5) is 5.69 Å². The average Bonchev–Trinajstić information content (AvgIpc) is 2.37. The number of para-hydroxylation sites is 1. The van der Waals surface area contributed by atoms with Gasteiger partial charge >= 0.3 is 0 Å². The van der Waals surface area contributed by atoms with Crippen molar-refractivity contribution >= 4 is 17.5 Å². The molecule has 0 unspecified atom stereocenters. The van der Waals surface area contributed by atoms with Crippen LogP contribution in [0.1, 0.15) is 31.1 Å². The van der Waals surface area contributed by atoms with Gasteiger partial charge in [-0.15, -0.1) is 0 Å². The molecular formula is C15H18N4O2. The van der Waals surface area contributed by atoms with E-state index in [2.05, 4.69) is 10.6 Å². The lowest BCUT2D eigenvalue weighted by molar-refractivity contribution is -0.118. The zero-order valence-electron chi connectivity index (χ0n) is 12.2. The number of carbonyl (C=O) groups excluding carboxylic acids is 2. The van der Waals surface area contributed by atoms with Crippen molar-refractivity contribution in [2.75, 3.05) is 5.73 Å². The number of nitrogens with two attached hydrogens (primary N) is 1. The topological polar surface area (TPSA) is 108 Å². The predicted octanol–water partition coefficient (Wildman–Crippen LogP) is 1.32. The molecule has 0 fully saturated rings. The Kier molecular flexibility index (Phi) is 5.08. The van der Waals surface area contributed by atoms with Crippen LogP contribution in [0.15, 0.2) is 36.0 Å². The van der Waals surface area contributed by atoms with Crippen molar-refractivity contribution in [3.8, 4) is 6.07 Å². The fraction of sp³-hybridized carbons (Fsp3) is 0.267. The molecule has 0 aliphatic rings. The first-order chi connectivity index (χ1) is 9.74. The second-order valence-corrected chi connectivity index (χ2v) is 5.43. The predicted molar refractivity (Wildman–Crippen MR) is 79.9 cm³/mol.